The van der Waals surface area contributed by atoms with Crippen molar-refractivity contribution in [1.29, 1.82) is 0 Å². The SMILES string of the molecule is CC=C(N)C(=O)[C@H](N)[C@@H](O)[C@H](O)[C@H](O)CO. The highest BCUT2D eigenvalue weighted by Gasteiger charge is 2.33. The fraction of sp³-hybridized carbons (Fsp3) is 0.667. The van der Waals surface area contributed by atoms with Crippen LogP contribution in [0, 0.1) is 0 Å². The lowest BCUT2D eigenvalue weighted by molar-refractivity contribution is -0.125. The van der Waals surface area contributed by atoms with Crippen LogP contribution in [0.4, 0.5) is 0 Å². The second-order valence-electron chi connectivity index (χ2n) is 3.37. The van der Waals surface area contributed by atoms with Gasteiger partial charge in [0.2, 0.25) is 0 Å². The molecule has 0 saturated heterocycles. The monoisotopic (exact) mass is 234 g/mol. The second kappa shape index (κ2) is 6.56. The van der Waals surface area contributed by atoms with E-state index >= 15 is 0 Å². The van der Waals surface area contributed by atoms with Crippen LogP contribution in [0.25, 0.3) is 0 Å². The molecule has 0 unspecified atom stereocenters. The molecule has 0 aliphatic heterocycles. The van der Waals surface area contributed by atoms with Gasteiger partial charge in [-0.2, -0.15) is 0 Å². The summed E-state index contributed by atoms with van der Waals surface area (Å²) < 4.78 is 0. The summed E-state index contributed by atoms with van der Waals surface area (Å²) in [4.78, 5) is 11.4. The second-order valence-corrected chi connectivity index (χ2v) is 3.37. The fourth-order valence-corrected chi connectivity index (χ4v) is 1.04. The van der Waals surface area contributed by atoms with E-state index in [0.717, 1.165) is 0 Å². The first-order valence-corrected chi connectivity index (χ1v) is 4.73. The molecule has 0 bridgehead atoms. The molecule has 94 valence electrons. The molecule has 4 atom stereocenters. The molecule has 7 nitrogen and oxygen atoms in total. The van der Waals surface area contributed by atoms with E-state index < -0.39 is 36.7 Å². The molecule has 0 aliphatic carbocycles. The van der Waals surface area contributed by atoms with Crippen LogP contribution >= 0.6 is 0 Å². The van der Waals surface area contributed by atoms with Gasteiger partial charge >= 0.3 is 0 Å². The van der Waals surface area contributed by atoms with Crippen molar-refractivity contribution >= 4 is 5.78 Å². The molecule has 8 N–H and O–H groups in total. The number of carbonyl (C=O) groups is 1. The van der Waals surface area contributed by atoms with E-state index in [9.17, 15) is 15.0 Å². The first kappa shape index (κ1) is 15.0. The van der Waals surface area contributed by atoms with Gasteiger partial charge in [-0.05, 0) is 6.92 Å². The summed E-state index contributed by atoms with van der Waals surface area (Å²) in [7, 11) is 0. The number of carbonyl (C=O) groups excluding carboxylic acids is 1. The third kappa shape index (κ3) is 3.54. The molecule has 0 fully saturated rings. The minimum absolute atomic E-state index is 0.141. The molecule has 0 aliphatic rings. The van der Waals surface area contributed by atoms with Gasteiger partial charge in [-0.15, -0.1) is 0 Å². The number of hydrogen-bond acceptors (Lipinski definition) is 7. The molecule has 0 aromatic rings. The van der Waals surface area contributed by atoms with Crippen molar-refractivity contribution in [2.75, 3.05) is 6.61 Å². The Morgan fingerprint density at radius 3 is 2.19 bits per heavy atom. The fourth-order valence-electron chi connectivity index (χ4n) is 1.04. The third-order valence-corrected chi connectivity index (χ3v) is 2.20. The molecule has 0 radical (unpaired) electrons. The number of nitrogens with two attached hydrogens (primary N) is 2. The number of aliphatic hydroxyl groups excluding tert-OH is 4. The molecule has 0 spiro atoms. The number of Topliss-reactive ketones (excluding diaryl/α,β-unsaturated/α-hetero) is 1. The lowest BCUT2D eigenvalue weighted by Crippen LogP contribution is -2.53. The average Bonchev–Trinajstić information content (AvgIpc) is 2.32. The van der Waals surface area contributed by atoms with Crippen LogP contribution in [0.2, 0.25) is 0 Å². The minimum Gasteiger partial charge on any atom is -0.396 e. The van der Waals surface area contributed by atoms with Crippen molar-refractivity contribution in [2.24, 2.45) is 11.5 Å². The first-order chi connectivity index (χ1) is 7.36. The van der Waals surface area contributed by atoms with E-state index in [1.807, 2.05) is 0 Å². The van der Waals surface area contributed by atoms with Crippen molar-refractivity contribution < 1.29 is 25.2 Å². The largest absolute Gasteiger partial charge is 0.396 e. The quantitative estimate of drug-likeness (QED) is 0.265. The van der Waals surface area contributed by atoms with E-state index in [-0.39, 0.29) is 5.70 Å². The first-order valence-electron chi connectivity index (χ1n) is 4.73. The highest BCUT2D eigenvalue weighted by atomic mass is 16.4. The van der Waals surface area contributed by atoms with E-state index in [4.69, 9.17) is 21.7 Å². The van der Waals surface area contributed by atoms with Gasteiger partial charge in [0.15, 0.2) is 5.78 Å². The minimum atomic E-state index is -1.71. The van der Waals surface area contributed by atoms with Crippen molar-refractivity contribution in [3.8, 4) is 0 Å². The van der Waals surface area contributed by atoms with Crippen molar-refractivity contribution in [2.45, 2.75) is 31.3 Å². The lowest BCUT2D eigenvalue weighted by Gasteiger charge is -2.25. The molecule has 0 aromatic heterocycles. The standard InChI is InChI=1S/C9H18N2O5/c1-2-4(10)7(14)6(11)9(16)8(15)5(13)3-12/h2,5-6,8-9,12-13,15-16H,3,10-11H2,1H3/t5-,6+,8-,9-/m1/s1. The smallest absolute Gasteiger partial charge is 0.197 e. The predicted molar refractivity (Wildman–Crippen MR) is 56.0 cm³/mol. The van der Waals surface area contributed by atoms with E-state index in [0.29, 0.717) is 0 Å². The molecular formula is C9H18N2O5. The Balaban J connectivity index is 4.61. The Hall–Kier alpha value is -0.990. The molecule has 0 heterocycles. The molecule has 16 heavy (non-hydrogen) atoms. The summed E-state index contributed by atoms with van der Waals surface area (Å²) >= 11 is 0. The maximum absolute atomic E-state index is 11.4. The molecule has 0 saturated carbocycles. The van der Waals surface area contributed by atoms with Crippen LogP contribution in [0.1, 0.15) is 6.92 Å². The Morgan fingerprint density at radius 1 is 1.31 bits per heavy atom. The Kier molecular flexibility index (Phi) is 6.16. The van der Waals surface area contributed by atoms with Gasteiger partial charge in [-0.1, -0.05) is 6.08 Å². The Morgan fingerprint density at radius 2 is 1.81 bits per heavy atom. The maximum atomic E-state index is 11.4. The summed E-state index contributed by atoms with van der Waals surface area (Å²) in [5.41, 5.74) is 10.5. The molecule has 0 amide bonds. The van der Waals surface area contributed by atoms with Gasteiger partial charge in [-0.25, -0.2) is 0 Å². The van der Waals surface area contributed by atoms with Crippen LogP contribution < -0.4 is 11.5 Å². The van der Waals surface area contributed by atoms with E-state index in [1.54, 1.807) is 0 Å². The van der Waals surface area contributed by atoms with Gasteiger partial charge in [0.25, 0.3) is 0 Å². The van der Waals surface area contributed by atoms with Gasteiger partial charge in [0.05, 0.1) is 18.3 Å². The number of rotatable bonds is 6. The van der Waals surface area contributed by atoms with Crippen LogP contribution in [0.3, 0.4) is 0 Å². The predicted octanol–water partition coefficient (Wildman–Crippen LogP) is -3.18. The topological polar surface area (TPSA) is 150 Å². The zero-order valence-corrected chi connectivity index (χ0v) is 8.95. The average molecular weight is 234 g/mol. The number of hydrogen-bond donors (Lipinski definition) is 6. The normalized spacial score (nSPS) is 20.0. The van der Waals surface area contributed by atoms with Gasteiger partial charge in [0.1, 0.15) is 18.3 Å². The molecule has 7 heteroatoms. The van der Waals surface area contributed by atoms with Crippen LogP contribution in [-0.2, 0) is 4.79 Å². The highest BCUT2D eigenvalue weighted by molar-refractivity contribution is 5.98. The zero-order chi connectivity index (χ0) is 12.9. The highest BCUT2D eigenvalue weighted by Crippen LogP contribution is 2.06. The molecule has 0 aromatic carbocycles. The van der Waals surface area contributed by atoms with Gasteiger partial charge < -0.3 is 31.9 Å². The Bertz CT molecular complexity index is 269. The summed E-state index contributed by atoms with van der Waals surface area (Å²) in [5, 5.41) is 36.4. The Labute approximate surface area is 93.0 Å². The van der Waals surface area contributed by atoms with E-state index in [1.165, 1.54) is 13.0 Å². The van der Waals surface area contributed by atoms with Crippen molar-refractivity contribution in [3.05, 3.63) is 11.8 Å². The van der Waals surface area contributed by atoms with Crippen LogP contribution in [0.15, 0.2) is 11.8 Å². The number of ketones is 1. The number of allylic oxidation sites excluding steroid dienone is 1. The number of aliphatic hydroxyl groups is 4. The summed E-state index contributed by atoms with van der Waals surface area (Å²) in [5.74, 6) is -0.737. The molecular weight excluding hydrogens is 216 g/mol. The summed E-state index contributed by atoms with van der Waals surface area (Å²) in [6.45, 7) is 0.767. The zero-order valence-electron chi connectivity index (χ0n) is 8.95. The molecule has 0 rings (SSSR count). The summed E-state index contributed by atoms with van der Waals surface area (Å²) in [6, 6.07) is -1.45. The van der Waals surface area contributed by atoms with Crippen molar-refractivity contribution in [3.63, 3.8) is 0 Å². The van der Waals surface area contributed by atoms with Gasteiger partial charge in [0, 0.05) is 0 Å². The van der Waals surface area contributed by atoms with Crippen LogP contribution in [-0.4, -0.2) is 57.2 Å². The van der Waals surface area contributed by atoms with Gasteiger partial charge in [-0.3, -0.25) is 4.79 Å². The summed E-state index contributed by atoms with van der Waals surface area (Å²) in [6.07, 6.45) is -3.67. The van der Waals surface area contributed by atoms with Crippen LogP contribution in [0.5, 0.6) is 0 Å². The lowest BCUT2D eigenvalue weighted by atomic mass is 9.97. The van der Waals surface area contributed by atoms with Crippen molar-refractivity contribution in [1.82, 2.24) is 0 Å². The maximum Gasteiger partial charge on any atom is 0.197 e. The third-order valence-electron chi connectivity index (χ3n) is 2.20. The van der Waals surface area contributed by atoms with E-state index in [2.05, 4.69) is 0 Å².